The summed E-state index contributed by atoms with van der Waals surface area (Å²) in [5, 5.41) is 5.21. The molecule has 34 heavy (non-hydrogen) atoms. The molecule has 0 aliphatic heterocycles. The molecular formula is C25H23N3O4S2. The molecule has 0 fully saturated rings. The third-order valence-electron chi connectivity index (χ3n) is 5.16. The molecule has 0 spiro atoms. The number of aromatic nitrogens is 1. The summed E-state index contributed by atoms with van der Waals surface area (Å²) in [6, 6.07) is 18.4. The summed E-state index contributed by atoms with van der Waals surface area (Å²) in [6.45, 7) is 4.05. The second-order valence-corrected chi connectivity index (χ2v) is 10.2. The summed E-state index contributed by atoms with van der Waals surface area (Å²) < 4.78 is 32.7. The van der Waals surface area contributed by atoms with Gasteiger partial charge in [-0.3, -0.25) is 14.8 Å². The number of nitrogens with zero attached hydrogens (tertiary/aromatic N) is 1. The van der Waals surface area contributed by atoms with E-state index < -0.39 is 10.0 Å². The molecule has 0 aliphatic rings. The van der Waals surface area contributed by atoms with Gasteiger partial charge in [0.2, 0.25) is 0 Å². The Balaban J connectivity index is 1.43. The quantitative estimate of drug-likeness (QED) is 0.355. The molecule has 4 rings (SSSR count). The number of aryl methyl sites for hydroxylation is 2. The van der Waals surface area contributed by atoms with Gasteiger partial charge in [-0.1, -0.05) is 17.7 Å². The van der Waals surface area contributed by atoms with E-state index in [-0.39, 0.29) is 10.8 Å². The molecule has 0 unspecified atom stereocenters. The highest BCUT2D eigenvalue weighted by Gasteiger charge is 2.15. The van der Waals surface area contributed by atoms with Gasteiger partial charge in [0.05, 0.1) is 17.7 Å². The summed E-state index contributed by atoms with van der Waals surface area (Å²) in [5.74, 6) is 0.238. The molecule has 1 amide bonds. The smallest absolute Gasteiger partial charge is 0.261 e. The minimum absolute atomic E-state index is 0.110. The Morgan fingerprint density at radius 2 is 1.68 bits per heavy atom. The highest BCUT2D eigenvalue weighted by molar-refractivity contribution is 7.92. The Kier molecular flexibility index (Phi) is 6.67. The van der Waals surface area contributed by atoms with Gasteiger partial charge in [-0.2, -0.15) is 0 Å². The minimum atomic E-state index is -3.76. The number of hydrogen-bond acceptors (Lipinski definition) is 6. The summed E-state index contributed by atoms with van der Waals surface area (Å²) in [5.41, 5.74) is 4.83. The largest absolute Gasteiger partial charge is 0.497 e. The van der Waals surface area contributed by atoms with E-state index in [0.29, 0.717) is 22.1 Å². The Morgan fingerprint density at radius 3 is 2.35 bits per heavy atom. The van der Waals surface area contributed by atoms with E-state index in [1.54, 1.807) is 36.4 Å². The molecule has 4 aromatic rings. The van der Waals surface area contributed by atoms with Gasteiger partial charge >= 0.3 is 0 Å². The van der Waals surface area contributed by atoms with Crippen molar-refractivity contribution in [3.05, 3.63) is 88.8 Å². The first-order valence-corrected chi connectivity index (χ1v) is 12.7. The molecule has 0 saturated carbocycles. The lowest BCUT2D eigenvalue weighted by molar-refractivity contribution is 0.102. The number of amides is 1. The van der Waals surface area contributed by atoms with Gasteiger partial charge in [0, 0.05) is 22.2 Å². The maximum absolute atomic E-state index is 12.7. The van der Waals surface area contributed by atoms with Gasteiger partial charge in [-0.15, -0.1) is 11.3 Å². The van der Waals surface area contributed by atoms with Gasteiger partial charge in [0.1, 0.15) is 5.75 Å². The summed E-state index contributed by atoms with van der Waals surface area (Å²) >= 11 is 1.35. The molecule has 0 aliphatic carbocycles. The molecule has 0 radical (unpaired) electrons. The minimum Gasteiger partial charge on any atom is -0.497 e. The Morgan fingerprint density at radius 1 is 0.971 bits per heavy atom. The highest BCUT2D eigenvalue weighted by Crippen LogP contribution is 2.28. The van der Waals surface area contributed by atoms with Gasteiger partial charge in [-0.25, -0.2) is 13.4 Å². The third kappa shape index (κ3) is 5.27. The lowest BCUT2D eigenvalue weighted by Crippen LogP contribution is -2.14. The number of hydrogen-bond donors (Lipinski definition) is 2. The first-order valence-electron chi connectivity index (χ1n) is 10.4. The fourth-order valence-corrected chi connectivity index (χ4v) is 5.06. The predicted octanol–water partition coefficient (Wildman–Crippen LogP) is 5.49. The van der Waals surface area contributed by atoms with Crippen molar-refractivity contribution >= 4 is 38.1 Å². The summed E-state index contributed by atoms with van der Waals surface area (Å²) in [7, 11) is -2.25. The zero-order valence-electron chi connectivity index (χ0n) is 18.8. The van der Waals surface area contributed by atoms with E-state index in [1.165, 1.54) is 30.6 Å². The zero-order valence-corrected chi connectivity index (χ0v) is 20.5. The standard InChI is InChI=1S/C25H23N3O4S2/c1-16-4-5-17(2)22(14-16)23-15-33-25(26-23)27-24(29)18-6-8-19(9-7-18)28-34(30,31)21-12-10-20(32-3)11-13-21/h4-15,28H,1-3H3,(H,26,27,29). The molecule has 3 aromatic carbocycles. The van der Waals surface area contributed by atoms with Crippen molar-refractivity contribution in [2.24, 2.45) is 0 Å². The number of nitrogens with one attached hydrogen (secondary N) is 2. The summed E-state index contributed by atoms with van der Waals surface area (Å²) in [4.78, 5) is 17.3. The zero-order chi connectivity index (χ0) is 24.3. The van der Waals surface area contributed by atoms with Crippen molar-refractivity contribution in [1.29, 1.82) is 0 Å². The van der Waals surface area contributed by atoms with Crippen molar-refractivity contribution < 1.29 is 17.9 Å². The monoisotopic (exact) mass is 493 g/mol. The van der Waals surface area contributed by atoms with E-state index >= 15 is 0 Å². The Bertz CT molecular complexity index is 1430. The van der Waals surface area contributed by atoms with Crippen LogP contribution in [0, 0.1) is 13.8 Å². The van der Waals surface area contributed by atoms with Crippen molar-refractivity contribution in [3.8, 4) is 17.0 Å². The number of carbonyl (C=O) groups is 1. The maximum Gasteiger partial charge on any atom is 0.261 e. The molecule has 9 heteroatoms. The number of anilines is 2. The normalized spacial score (nSPS) is 11.1. The molecule has 1 heterocycles. The second-order valence-electron chi connectivity index (χ2n) is 7.67. The number of rotatable bonds is 7. The number of ether oxygens (including phenoxy) is 1. The number of sulfonamides is 1. The fourth-order valence-electron chi connectivity index (χ4n) is 3.29. The lowest BCUT2D eigenvalue weighted by atomic mass is 10.0. The van der Waals surface area contributed by atoms with Crippen molar-refractivity contribution in [2.75, 3.05) is 17.1 Å². The molecular weight excluding hydrogens is 470 g/mol. The summed E-state index contributed by atoms with van der Waals surface area (Å²) in [6.07, 6.45) is 0. The van der Waals surface area contributed by atoms with Crippen molar-refractivity contribution in [3.63, 3.8) is 0 Å². The van der Waals surface area contributed by atoms with Crippen LogP contribution in [0.2, 0.25) is 0 Å². The number of thiazole rings is 1. The van der Waals surface area contributed by atoms with Crippen LogP contribution in [-0.4, -0.2) is 26.4 Å². The topological polar surface area (TPSA) is 97.4 Å². The van der Waals surface area contributed by atoms with E-state index in [9.17, 15) is 13.2 Å². The van der Waals surface area contributed by atoms with Crippen LogP contribution in [0.3, 0.4) is 0 Å². The second kappa shape index (κ2) is 9.66. The van der Waals surface area contributed by atoms with E-state index in [4.69, 9.17) is 4.74 Å². The molecule has 174 valence electrons. The van der Waals surface area contributed by atoms with Gasteiger partial charge in [-0.05, 0) is 74.0 Å². The fraction of sp³-hybridized carbons (Fsp3) is 0.120. The Hall–Kier alpha value is -3.69. The van der Waals surface area contributed by atoms with Crippen LogP contribution in [0.25, 0.3) is 11.3 Å². The first-order chi connectivity index (χ1) is 16.2. The van der Waals surface area contributed by atoms with Crippen molar-refractivity contribution in [1.82, 2.24) is 4.98 Å². The highest BCUT2D eigenvalue weighted by atomic mass is 32.2. The SMILES string of the molecule is COc1ccc(S(=O)(=O)Nc2ccc(C(=O)Nc3nc(-c4cc(C)ccc4C)cs3)cc2)cc1. The number of methoxy groups -OCH3 is 1. The molecule has 2 N–H and O–H groups in total. The van der Waals surface area contributed by atoms with Gasteiger partial charge in [0.15, 0.2) is 5.13 Å². The molecule has 1 aromatic heterocycles. The Labute approximate surface area is 202 Å². The van der Waals surface area contributed by atoms with E-state index in [1.807, 2.05) is 25.3 Å². The average Bonchev–Trinajstić information content (AvgIpc) is 3.29. The molecule has 7 nitrogen and oxygen atoms in total. The molecule has 0 atom stereocenters. The number of benzene rings is 3. The average molecular weight is 494 g/mol. The van der Waals surface area contributed by atoms with Crippen LogP contribution < -0.4 is 14.8 Å². The lowest BCUT2D eigenvalue weighted by Gasteiger charge is -2.09. The van der Waals surface area contributed by atoms with Crippen LogP contribution >= 0.6 is 11.3 Å². The first kappa shape index (κ1) is 23.5. The van der Waals surface area contributed by atoms with Gasteiger partial charge in [0.25, 0.3) is 15.9 Å². The van der Waals surface area contributed by atoms with E-state index in [2.05, 4.69) is 27.2 Å². The predicted molar refractivity (Wildman–Crippen MR) is 135 cm³/mol. The maximum atomic E-state index is 12.7. The molecule has 0 saturated heterocycles. The molecule has 0 bridgehead atoms. The van der Waals surface area contributed by atoms with Crippen molar-refractivity contribution in [2.45, 2.75) is 18.7 Å². The third-order valence-corrected chi connectivity index (χ3v) is 7.32. The van der Waals surface area contributed by atoms with Gasteiger partial charge < -0.3 is 4.74 Å². The van der Waals surface area contributed by atoms with Crippen LogP contribution in [0.15, 0.2) is 77.0 Å². The van der Waals surface area contributed by atoms with Crippen LogP contribution in [0.1, 0.15) is 21.5 Å². The van der Waals surface area contributed by atoms with Crippen LogP contribution in [0.4, 0.5) is 10.8 Å². The van der Waals surface area contributed by atoms with E-state index in [0.717, 1.165) is 22.4 Å². The van der Waals surface area contributed by atoms with Crippen LogP contribution in [-0.2, 0) is 10.0 Å². The van der Waals surface area contributed by atoms with Crippen LogP contribution in [0.5, 0.6) is 5.75 Å². The number of carbonyl (C=O) groups excluding carboxylic acids is 1.